The molecule has 0 aromatic heterocycles. The third-order valence-corrected chi connectivity index (χ3v) is 3.02. The lowest BCUT2D eigenvalue weighted by atomic mass is 10.2. The molecule has 0 atom stereocenters. The molecule has 0 fully saturated rings. The Kier molecular flexibility index (Phi) is 3.72. The van der Waals surface area contributed by atoms with E-state index in [0.29, 0.717) is 16.5 Å². The van der Waals surface area contributed by atoms with Crippen LogP contribution in [0.1, 0.15) is 5.56 Å². The quantitative estimate of drug-likeness (QED) is 0.880. The van der Waals surface area contributed by atoms with Crippen LogP contribution in [0.25, 0.3) is 0 Å². The summed E-state index contributed by atoms with van der Waals surface area (Å²) in [5.74, 6) is 0.254. The van der Waals surface area contributed by atoms with Gasteiger partial charge >= 0.3 is 0 Å². The average molecular weight is 266 g/mol. The number of halogens is 2. The summed E-state index contributed by atoms with van der Waals surface area (Å²) in [6.07, 6.45) is 0. The number of benzene rings is 2. The fourth-order valence-corrected chi connectivity index (χ4v) is 1.78. The maximum absolute atomic E-state index is 13.2. The summed E-state index contributed by atoms with van der Waals surface area (Å²) in [6, 6.07) is 9.88. The second-order valence-corrected chi connectivity index (χ2v) is 4.34. The van der Waals surface area contributed by atoms with Gasteiger partial charge in [0.15, 0.2) is 0 Å². The van der Waals surface area contributed by atoms with Crippen molar-refractivity contribution in [1.82, 2.24) is 0 Å². The largest absolute Gasteiger partial charge is 0.495 e. The van der Waals surface area contributed by atoms with Gasteiger partial charge in [-0.25, -0.2) is 4.39 Å². The first-order valence-corrected chi connectivity index (χ1v) is 5.84. The van der Waals surface area contributed by atoms with Gasteiger partial charge in [0.2, 0.25) is 0 Å². The Bertz CT molecular complexity index is 572. The fraction of sp³-hybridized carbons (Fsp3) is 0.143. The normalized spacial score (nSPS) is 10.2. The van der Waals surface area contributed by atoms with E-state index in [4.69, 9.17) is 16.3 Å². The number of nitrogens with one attached hydrogen (secondary N) is 1. The van der Waals surface area contributed by atoms with Gasteiger partial charge in [-0.2, -0.15) is 0 Å². The van der Waals surface area contributed by atoms with Gasteiger partial charge < -0.3 is 10.1 Å². The van der Waals surface area contributed by atoms with Gasteiger partial charge in [-0.15, -0.1) is 0 Å². The van der Waals surface area contributed by atoms with Crippen LogP contribution in [0.3, 0.4) is 0 Å². The van der Waals surface area contributed by atoms with Gasteiger partial charge in [0, 0.05) is 16.8 Å². The number of methoxy groups -OCH3 is 1. The van der Waals surface area contributed by atoms with Gasteiger partial charge in [-0.1, -0.05) is 17.7 Å². The lowest BCUT2D eigenvalue weighted by Gasteiger charge is -2.12. The number of ether oxygens (including phenoxy) is 1. The SMILES string of the molecule is COc1ccc(F)cc1Nc1ccc(C)c(Cl)c1. The van der Waals surface area contributed by atoms with Crippen LogP contribution < -0.4 is 10.1 Å². The third kappa shape index (κ3) is 2.74. The molecule has 4 heteroatoms. The summed E-state index contributed by atoms with van der Waals surface area (Å²) in [6.45, 7) is 1.93. The van der Waals surface area contributed by atoms with Crippen molar-refractivity contribution in [3.8, 4) is 5.75 Å². The predicted molar refractivity (Wildman–Crippen MR) is 72.4 cm³/mol. The summed E-state index contributed by atoms with van der Waals surface area (Å²) < 4.78 is 18.4. The smallest absolute Gasteiger partial charge is 0.142 e. The van der Waals surface area contributed by atoms with Gasteiger partial charge in [-0.3, -0.25) is 0 Å². The van der Waals surface area contributed by atoms with Crippen LogP contribution in [0.4, 0.5) is 15.8 Å². The Labute approximate surface area is 110 Å². The monoisotopic (exact) mass is 265 g/mol. The summed E-state index contributed by atoms with van der Waals surface area (Å²) >= 11 is 6.04. The van der Waals surface area contributed by atoms with Crippen LogP contribution >= 0.6 is 11.6 Å². The Hall–Kier alpha value is -1.74. The summed E-state index contributed by atoms with van der Waals surface area (Å²) in [4.78, 5) is 0. The van der Waals surface area contributed by atoms with E-state index >= 15 is 0 Å². The number of aryl methyl sites for hydroxylation is 1. The molecule has 0 saturated heterocycles. The molecule has 0 spiro atoms. The number of hydrogen-bond acceptors (Lipinski definition) is 2. The number of anilines is 2. The molecule has 0 saturated carbocycles. The van der Waals surface area contributed by atoms with Crippen molar-refractivity contribution in [2.45, 2.75) is 6.92 Å². The van der Waals surface area contributed by atoms with Crippen LogP contribution in [-0.4, -0.2) is 7.11 Å². The minimum atomic E-state index is -0.323. The molecule has 18 heavy (non-hydrogen) atoms. The molecule has 94 valence electrons. The van der Waals surface area contributed by atoms with E-state index in [1.54, 1.807) is 19.2 Å². The van der Waals surface area contributed by atoms with Crippen LogP contribution in [0.2, 0.25) is 5.02 Å². The highest BCUT2D eigenvalue weighted by Gasteiger charge is 2.05. The van der Waals surface area contributed by atoms with Crippen LogP contribution in [0, 0.1) is 12.7 Å². The molecule has 0 bridgehead atoms. The summed E-state index contributed by atoms with van der Waals surface area (Å²) in [5.41, 5.74) is 2.35. The maximum Gasteiger partial charge on any atom is 0.142 e. The molecule has 0 aliphatic rings. The minimum Gasteiger partial charge on any atom is -0.495 e. The summed E-state index contributed by atoms with van der Waals surface area (Å²) in [7, 11) is 1.54. The standard InChI is InChI=1S/C14H13ClFNO/c1-9-3-5-11(8-12(9)15)17-13-7-10(16)4-6-14(13)18-2/h3-8,17H,1-2H3. The highest BCUT2D eigenvalue weighted by molar-refractivity contribution is 6.31. The minimum absolute atomic E-state index is 0.323. The molecule has 2 rings (SSSR count). The van der Waals surface area contributed by atoms with Crippen molar-refractivity contribution in [3.05, 3.63) is 52.8 Å². The first kappa shape index (κ1) is 12.7. The topological polar surface area (TPSA) is 21.3 Å². The van der Waals surface area contributed by atoms with Crippen molar-refractivity contribution < 1.29 is 9.13 Å². The van der Waals surface area contributed by atoms with Gasteiger partial charge in [-0.05, 0) is 36.8 Å². The second-order valence-electron chi connectivity index (χ2n) is 3.93. The molecule has 0 aliphatic carbocycles. The molecule has 2 aromatic rings. The van der Waals surface area contributed by atoms with E-state index in [1.165, 1.54) is 12.1 Å². The molecule has 2 aromatic carbocycles. The number of rotatable bonds is 3. The third-order valence-electron chi connectivity index (χ3n) is 2.61. The zero-order valence-corrected chi connectivity index (χ0v) is 10.9. The molecule has 0 unspecified atom stereocenters. The van der Waals surface area contributed by atoms with Crippen LogP contribution in [0.15, 0.2) is 36.4 Å². The molecule has 0 aliphatic heterocycles. The first-order chi connectivity index (χ1) is 8.60. The van der Waals surface area contributed by atoms with Crippen molar-refractivity contribution in [1.29, 1.82) is 0 Å². The maximum atomic E-state index is 13.2. The van der Waals surface area contributed by atoms with E-state index in [9.17, 15) is 4.39 Å². The molecule has 0 radical (unpaired) electrons. The fourth-order valence-electron chi connectivity index (χ4n) is 1.60. The van der Waals surface area contributed by atoms with Crippen molar-refractivity contribution >= 4 is 23.0 Å². The van der Waals surface area contributed by atoms with Crippen LogP contribution in [-0.2, 0) is 0 Å². The molecule has 0 heterocycles. The Morgan fingerprint density at radius 3 is 2.61 bits per heavy atom. The number of hydrogen-bond donors (Lipinski definition) is 1. The molecule has 1 N–H and O–H groups in total. The zero-order chi connectivity index (χ0) is 13.1. The highest BCUT2D eigenvalue weighted by atomic mass is 35.5. The van der Waals surface area contributed by atoms with E-state index in [-0.39, 0.29) is 5.82 Å². The molecule has 2 nitrogen and oxygen atoms in total. The zero-order valence-electron chi connectivity index (χ0n) is 10.1. The molecular weight excluding hydrogens is 253 g/mol. The first-order valence-electron chi connectivity index (χ1n) is 5.47. The Balaban J connectivity index is 2.33. The Morgan fingerprint density at radius 2 is 1.94 bits per heavy atom. The van der Waals surface area contributed by atoms with E-state index in [2.05, 4.69) is 5.32 Å². The van der Waals surface area contributed by atoms with Crippen molar-refractivity contribution in [2.75, 3.05) is 12.4 Å². The highest BCUT2D eigenvalue weighted by Crippen LogP contribution is 2.29. The van der Waals surface area contributed by atoms with Crippen molar-refractivity contribution in [3.63, 3.8) is 0 Å². The van der Waals surface area contributed by atoms with E-state index in [0.717, 1.165) is 11.3 Å². The van der Waals surface area contributed by atoms with Crippen LogP contribution in [0.5, 0.6) is 5.75 Å². The van der Waals surface area contributed by atoms with E-state index < -0.39 is 0 Å². The second kappa shape index (κ2) is 5.27. The van der Waals surface area contributed by atoms with Crippen molar-refractivity contribution in [2.24, 2.45) is 0 Å². The molecular formula is C14H13ClFNO. The predicted octanol–water partition coefficient (Wildman–Crippen LogP) is 4.54. The van der Waals surface area contributed by atoms with Gasteiger partial charge in [0.25, 0.3) is 0 Å². The molecule has 0 amide bonds. The lowest BCUT2D eigenvalue weighted by Crippen LogP contribution is -1.95. The van der Waals surface area contributed by atoms with E-state index in [1.807, 2.05) is 19.1 Å². The van der Waals surface area contributed by atoms with Gasteiger partial charge in [0.1, 0.15) is 11.6 Å². The lowest BCUT2D eigenvalue weighted by molar-refractivity contribution is 0.416. The summed E-state index contributed by atoms with van der Waals surface area (Å²) in [5, 5.41) is 3.75. The van der Waals surface area contributed by atoms with Gasteiger partial charge in [0.05, 0.1) is 12.8 Å². The average Bonchev–Trinajstić information content (AvgIpc) is 2.34. The Morgan fingerprint density at radius 1 is 1.17 bits per heavy atom.